The van der Waals surface area contributed by atoms with E-state index in [1.54, 1.807) is 16.8 Å². The lowest BCUT2D eigenvalue weighted by Crippen LogP contribution is -2.25. The molecule has 0 spiro atoms. The maximum atomic E-state index is 12.6. The standard InChI is InChI=1S/C21H23N3O4S/c1-24-13-15(12-23-24)6-5-10-22-20(25)17-7-3-4-8-19(17)29-14-18-16(9-11-28-18)21(26)27-2/h3-4,7-9,11-13H,5-6,10,14H2,1-2H3,(H,22,25). The van der Waals surface area contributed by atoms with Gasteiger partial charge in [0.25, 0.3) is 5.91 Å². The lowest BCUT2D eigenvalue weighted by molar-refractivity contribution is 0.0598. The fourth-order valence-corrected chi connectivity index (χ4v) is 3.86. The molecule has 1 aromatic carbocycles. The Morgan fingerprint density at radius 1 is 1.24 bits per heavy atom. The summed E-state index contributed by atoms with van der Waals surface area (Å²) in [6.45, 7) is 0.581. The van der Waals surface area contributed by atoms with Crippen molar-refractivity contribution in [2.24, 2.45) is 7.05 Å². The minimum atomic E-state index is -0.436. The van der Waals surface area contributed by atoms with Crippen molar-refractivity contribution in [1.29, 1.82) is 0 Å². The van der Waals surface area contributed by atoms with E-state index < -0.39 is 5.97 Å². The Balaban J connectivity index is 1.56. The van der Waals surface area contributed by atoms with Crippen LogP contribution < -0.4 is 5.32 Å². The highest BCUT2D eigenvalue weighted by molar-refractivity contribution is 7.98. The first-order chi connectivity index (χ1) is 14.1. The van der Waals surface area contributed by atoms with Crippen LogP contribution in [0.2, 0.25) is 0 Å². The predicted octanol–water partition coefficient (Wildman–Crippen LogP) is 3.45. The van der Waals surface area contributed by atoms with E-state index in [1.165, 1.54) is 25.1 Å². The summed E-state index contributed by atoms with van der Waals surface area (Å²) in [5.74, 6) is 0.386. The third-order valence-corrected chi connectivity index (χ3v) is 5.40. The second-order valence-corrected chi connectivity index (χ2v) is 7.43. The van der Waals surface area contributed by atoms with Crippen LogP contribution in [0.5, 0.6) is 0 Å². The number of furan rings is 1. The van der Waals surface area contributed by atoms with Gasteiger partial charge in [0, 0.05) is 24.7 Å². The monoisotopic (exact) mass is 413 g/mol. The molecule has 1 amide bonds. The number of thioether (sulfide) groups is 1. The maximum absolute atomic E-state index is 12.6. The zero-order valence-corrected chi connectivity index (χ0v) is 17.2. The summed E-state index contributed by atoms with van der Waals surface area (Å²) in [7, 11) is 3.22. The van der Waals surface area contributed by atoms with Gasteiger partial charge in [-0.3, -0.25) is 9.48 Å². The molecule has 7 nitrogen and oxygen atoms in total. The van der Waals surface area contributed by atoms with E-state index in [0.29, 0.717) is 29.2 Å². The van der Waals surface area contributed by atoms with Gasteiger partial charge in [0.1, 0.15) is 11.3 Å². The average molecular weight is 413 g/mol. The van der Waals surface area contributed by atoms with Gasteiger partial charge in [-0.25, -0.2) is 4.79 Å². The number of esters is 1. The highest BCUT2D eigenvalue weighted by atomic mass is 32.2. The highest BCUT2D eigenvalue weighted by Gasteiger charge is 2.17. The highest BCUT2D eigenvalue weighted by Crippen LogP contribution is 2.28. The number of ether oxygens (including phenoxy) is 1. The second-order valence-electron chi connectivity index (χ2n) is 6.42. The van der Waals surface area contributed by atoms with Gasteiger partial charge in [-0.15, -0.1) is 11.8 Å². The molecule has 0 unspecified atom stereocenters. The molecule has 2 heterocycles. The molecule has 0 saturated carbocycles. The molecule has 8 heteroatoms. The molecule has 0 bridgehead atoms. The molecule has 0 saturated heterocycles. The van der Waals surface area contributed by atoms with Crippen LogP contribution in [0.4, 0.5) is 0 Å². The van der Waals surface area contributed by atoms with Gasteiger partial charge >= 0.3 is 5.97 Å². The number of methoxy groups -OCH3 is 1. The summed E-state index contributed by atoms with van der Waals surface area (Å²) in [6, 6.07) is 8.98. The number of carbonyl (C=O) groups is 2. The number of hydrogen-bond donors (Lipinski definition) is 1. The molecular formula is C21H23N3O4S. The van der Waals surface area contributed by atoms with Crippen LogP contribution in [-0.2, 0) is 24.0 Å². The van der Waals surface area contributed by atoms with Gasteiger partial charge in [-0.05, 0) is 36.6 Å². The molecule has 0 aliphatic heterocycles. The zero-order valence-electron chi connectivity index (χ0n) is 16.4. The second kappa shape index (κ2) is 9.97. The number of carbonyl (C=O) groups excluding carboxylic acids is 2. The first-order valence-electron chi connectivity index (χ1n) is 9.20. The van der Waals surface area contributed by atoms with E-state index >= 15 is 0 Å². The molecule has 0 fully saturated rings. The van der Waals surface area contributed by atoms with Gasteiger partial charge in [0.15, 0.2) is 0 Å². The van der Waals surface area contributed by atoms with Crippen LogP contribution in [0.3, 0.4) is 0 Å². The van der Waals surface area contributed by atoms with Crippen molar-refractivity contribution in [3.05, 3.63) is 71.4 Å². The summed E-state index contributed by atoms with van der Waals surface area (Å²) in [5, 5.41) is 7.11. The van der Waals surface area contributed by atoms with Crippen LogP contribution in [0, 0.1) is 0 Å². The SMILES string of the molecule is COC(=O)c1ccoc1CSc1ccccc1C(=O)NCCCc1cnn(C)c1. The van der Waals surface area contributed by atoms with Crippen molar-refractivity contribution in [2.75, 3.05) is 13.7 Å². The summed E-state index contributed by atoms with van der Waals surface area (Å²) in [5.41, 5.74) is 2.15. The Morgan fingerprint density at radius 2 is 2.07 bits per heavy atom. The number of rotatable bonds is 9. The lowest BCUT2D eigenvalue weighted by atomic mass is 10.2. The van der Waals surface area contributed by atoms with E-state index in [-0.39, 0.29) is 5.91 Å². The Bertz CT molecular complexity index is 980. The number of benzene rings is 1. The fraction of sp³-hybridized carbons (Fsp3) is 0.286. The summed E-state index contributed by atoms with van der Waals surface area (Å²) in [4.78, 5) is 25.2. The Labute approximate surface area is 173 Å². The maximum Gasteiger partial charge on any atom is 0.341 e. The minimum absolute atomic E-state index is 0.119. The van der Waals surface area contributed by atoms with Crippen molar-refractivity contribution < 1.29 is 18.7 Å². The van der Waals surface area contributed by atoms with Gasteiger partial charge < -0.3 is 14.5 Å². The van der Waals surface area contributed by atoms with Gasteiger partial charge in [-0.1, -0.05) is 12.1 Å². The van der Waals surface area contributed by atoms with E-state index in [1.807, 2.05) is 37.6 Å². The average Bonchev–Trinajstić information content (AvgIpc) is 3.38. The van der Waals surface area contributed by atoms with E-state index in [2.05, 4.69) is 10.4 Å². The lowest BCUT2D eigenvalue weighted by Gasteiger charge is -2.10. The van der Waals surface area contributed by atoms with Gasteiger partial charge in [0.05, 0.1) is 30.9 Å². The van der Waals surface area contributed by atoms with E-state index in [4.69, 9.17) is 9.15 Å². The molecule has 3 rings (SSSR count). The number of amides is 1. The van der Waals surface area contributed by atoms with Crippen LogP contribution >= 0.6 is 11.8 Å². The molecule has 152 valence electrons. The predicted molar refractivity (Wildman–Crippen MR) is 110 cm³/mol. The van der Waals surface area contributed by atoms with Crippen molar-refractivity contribution in [2.45, 2.75) is 23.5 Å². The topological polar surface area (TPSA) is 86.4 Å². The number of nitrogens with zero attached hydrogens (tertiary/aromatic N) is 2. The number of aromatic nitrogens is 2. The molecule has 0 radical (unpaired) electrons. The van der Waals surface area contributed by atoms with Crippen molar-refractivity contribution in [3.8, 4) is 0 Å². The van der Waals surface area contributed by atoms with Crippen LogP contribution in [0.25, 0.3) is 0 Å². The number of hydrogen-bond acceptors (Lipinski definition) is 6. The number of aryl methyl sites for hydroxylation is 2. The summed E-state index contributed by atoms with van der Waals surface area (Å²) in [6.07, 6.45) is 6.97. The molecule has 3 aromatic rings. The Morgan fingerprint density at radius 3 is 2.83 bits per heavy atom. The minimum Gasteiger partial charge on any atom is -0.468 e. The van der Waals surface area contributed by atoms with Crippen molar-refractivity contribution in [1.82, 2.24) is 15.1 Å². The first-order valence-corrected chi connectivity index (χ1v) is 10.2. The summed E-state index contributed by atoms with van der Waals surface area (Å²) >= 11 is 1.44. The van der Waals surface area contributed by atoms with Crippen LogP contribution in [0.1, 0.15) is 38.5 Å². The molecular weight excluding hydrogens is 390 g/mol. The summed E-state index contributed by atoms with van der Waals surface area (Å²) < 4.78 is 11.9. The quantitative estimate of drug-likeness (QED) is 0.328. The van der Waals surface area contributed by atoms with Crippen molar-refractivity contribution in [3.63, 3.8) is 0 Å². The van der Waals surface area contributed by atoms with Crippen molar-refractivity contribution >= 4 is 23.6 Å². The van der Waals surface area contributed by atoms with Crippen LogP contribution in [0.15, 0.2) is 58.3 Å². The third kappa shape index (κ3) is 5.51. The Kier molecular flexibility index (Phi) is 7.13. The largest absolute Gasteiger partial charge is 0.468 e. The fourth-order valence-electron chi connectivity index (χ4n) is 2.86. The van der Waals surface area contributed by atoms with Gasteiger partial charge in [-0.2, -0.15) is 5.10 Å². The number of nitrogens with one attached hydrogen (secondary N) is 1. The zero-order chi connectivity index (χ0) is 20.6. The Hall–Kier alpha value is -3.00. The van der Waals surface area contributed by atoms with Crippen LogP contribution in [-0.4, -0.2) is 35.3 Å². The molecule has 0 aliphatic carbocycles. The molecule has 2 aromatic heterocycles. The van der Waals surface area contributed by atoms with E-state index in [9.17, 15) is 9.59 Å². The van der Waals surface area contributed by atoms with Gasteiger partial charge in [0.2, 0.25) is 0 Å². The third-order valence-electron chi connectivity index (χ3n) is 4.33. The first kappa shape index (κ1) is 20.7. The smallest absolute Gasteiger partial charge is 0.341 e. The molecule has 1 N–H and O–H groups in total. The molecule has 0 aliphatic rings. The van der Waals surface area contributed by atoms with E-state index in [0.717, 1.165) is 23.3 Å². The molecule has 29 heavy (non-hydrogen) atoms. The molecule has 0 atom stereocenters. The normalized spacial score (nSPS) is 10.7.